The van der Waals surface area contributed by atoms with E-state index < -0.39 is 0 Å². The van der Waals surface area contributed by atoms with Gasteiger partial charge in [0.25, 0.3) is 0 Å². The van der Waals surface area contributed by atoms with Gasteiger partial charge in [-0.05, 0) is 17.5 Å². The monoisotopic (exact) mass is 294 g/mol. The molecule has 0 radical (unpaired) electrons. The van der Waals surface area contributed by atoms with Crippen LogP contribution in [0.5, 0.6) is 0 Å². The van der Waals surface area contributed by atoms with Crippen LogP contribution < -0.4 is 4.90 Å². The number of para-hydroxylation sites is 1. The second-order valence-electron chi connectivity index (χ2n) is 4.51. The molecule has 0 atom stereocenters. The van der Waals surface area contributed by atoms with Crippen LogP contribution in [0.2, 0.25) is 0 Å². The SMILES string of the molecule is CC(C)CN(CCC#N)c1ccccc1CBr. The maximum atomic E-state index is 8.74. The minimum Gasteiger partial charge on any atom is -0.370 e. The summed E-state index contributed by atoms with van der Waals surface area (Å²) in [5.74, 6) is 0.595. The van der Waals surface area contributed by atoms with Crippen molar-refractivity contribution in [1.29, 1.82) is 5.26 Å². The first kappa shape index (κ1) is 14.1. The van der Waals surface area contributed by atoms with E-state index in [1.807, 2.05) is 0 Å². The van der Waals surface area contributed by atoms with Gasteiger partial charge in [-0.15, -0.1) is 0 Å². The van der Waals surface area contributed by atoms with Crippen LogP contribution in [0.25, 0.3) is 0 Å². The third-order valence-corrected chi connectivity index (χ3v) is 3.16. The molecule has 0 aliphatic rings. The van der Waals surface area contributed by atoms with E-state index in [9.17, 15) is 0 Å². The van der Waals surface area contributed by atoms with Crippen LogP contribution in [-0.2, 0) is 5.33 Å². The molecular weight excluding hydrogens is 276 g/mol. The second-order valence-corrected chi connectivity index (χ2v) is 5.07. The molecule has 3 heteroatoms. The van der Waals surface area contributed by atoms with Gasteiger partial charge in [0.15, 0.2) is 0 Å². The third-order valence-electron chi connectivity index (χ3n) is 2.56. The Labute approximate surface area is 112 Å². The minimum atomic E-state index is 0.573. The van der Waals surface area contributed by atoms with E-state index >= 15 is 0 Å². The molecule has 0 amide bonds. The molecule has 0 aromatic heterocycles. The molecule has 0 bridgehead atoms. The molecule has 0 aliphatic heterocycles. The number of rotatable bonds is 6. The molecule has 0 N–H and O–H groups in total. The van der Waals surface area contributed by atoms with Crippen molar-refractivity contribution in [1.82, 2.24) is 0 Å². The number of hydrogen-bond donors (Lipinski definition) is 0. The zero-order chi connectivity index (χ0) is 12.7. The van der Waals surface area contributed by atoms with Crippen LogP contribution in [0.4, 0.5) is 5.69 Å². The molecular formula is C14H19BrN2. The third kappa shape index (κ3) is 4.40. The van der Waals surface area contributed by atoms with Gasteiger partial charge in [0.05, 0.1) is 12.5 Å². The molecule has 1 aromatic rings. The molecule has 0 fully saturated rings. The number of hydrogen-bond acceptors (Lipinski definition) is 2. The summed E-state index contributed by atoms with van der Waals surface area (Å²) < 4.78 is 0. The van der Waals surface area contributed by atoms with Crippen molar-refractivity contribution in [3.8, 4) is 6.07 Å². The highest BCUT2D eigenvalue weighted by Crippen LogP contribution is 2.23. The first-order valence-corrected chi connectivity index (χ1v) is 7.07. The Morgan fingerprint density at radius 1 is 1.35 bits per heavy atom. The Bertz CT molecular complexity index is 382. The van der Waals surface area contributed by atoms with E-state index in [-0.39, 0.29) is 0 Å². The average molecular weight is 295 g/mol. The first-order chi connectivity index (χ1) is 8.19. The minimum absolute atomic E-state index is 0.573. The van der Waals surface area contributed by atoms with E-state index in [1.54, 1.807) is 0 Å². The predicted molar refractivity (Wildman–Crippen MR) is 76.4 cm³/mol. The van der Waals surface area contributed by atoms with Crippen LogP contribution in [-0.4, -0.2) is 13.1 Å². The number of nitriles is 1. The smallest absolute Gasteiger partial charge is 0.0640 e. The van der Waals surface area contributed by atoms with Crippen LogP contribution in [0.15, 0.2) is 24.3 Å². The van der Waals surface area contributed by atoms with Crippen LogP contribution in [0.3, 0.4) is 0 Å². The van der Waals surface area contributed by atoms with E-state index in [1.165, 1.54) is 11.3 Å². The van der Waals surface area contributed by atoms with Gasteiger partial charge >= 0.3 is 0 Å². The summed E-state index contributed by atoms with van der Waals surface area (Å²) in [6.45, 7) is 6.20. The predicted octanol–water partition coefficient (Wildman–Crippen LogP) is 3.96. The van der Waals surface area contributed by atoms with Crippen molar-refractivity contribution in [2.24, 2.45) is 5.92 Å². The lowest BCUT2D eigenvalue weighted by atomic mass is 10.1. The highest BCUT2D eigenvalue weighted by molar-refractivity contribution is 9.08. The van der Waals surface area contributed by atoms with Gasteiger partial charge < -0.3 is 4.90 Å². The molecule has 17 heavy (non-hydrogen) atoms. The largest absolute Gasteiger partial charge is 0.370 e. The zero-order valence-corrected chi connectivity index (χ0v) is 12.1. The maximum absolute atomic E-state index is 8.74. The second kappa shape index (κ2) is 7.34. The van der Waals surface area contributed by atoms with E-state index in [0.717, 1.165) is 18.4 Å². The van der Waals surface area contributed by atoms with E-state index in [4.69, 9.17) is 5.26 Å². The highest BCUT2D eigenvalue weighted by Gasteiger charge is 2.11. The molecule has 0 heterocycles. The fourth-order valence-corrected chi connectivity index (χ4v) is 2.34. The number of alkyl halides is 1. The normalized spacial score (nSPS) is 10.3. The summed E-state index contributed by atoms with van der Waals surface area (Å²) in [4.78, 5) is 2.31. The summed E-state index contributed by atoms with van der Waals surface area (Å²) in [7, 11) is 0. The Kier molecular flexibility index (Phi) is 6.07. The Balaban J connectivity index is 2.91. The van der Waals surface area contributed by atoms with Gasteiger partial charge in [-0.3, -0.25) is 0 Å². The average Bonchev–Trinajstić information content (AvgIpc) is 2.34. The topological polar surface area (TPSA) is 27.0 Å². The molecule has 2 nitrogen and oxygen atoms in total. The summed E-state index contributed by atoms with van der Waals surface area (Å²) in [5.41, 5.74) is 2.53. The Morgan fingerprint density at radius 2 is 2.06 bits per heavy atom. The number of anilines is 1. The zero-order valence-electron chi connectivity index (χ0n) is 10.5. The first-order valence-electron chi connectivity index (χ1n) is 5.94. The van der Waals surface area contributed by atoms with E-state index in [2.05, 4.69) is 65.0 Å². The van der Waals surface area contributed by atoms with Gasteiger partial charge in [0, 0.05) is 24.1 Å². The van der Waals surface area contributed by atoms with Crippen molar-refractivity contribution >= 4 is 21.6 Å². The van der Waals surface area contributed by atoms with Gasteiger partial charge in [0.2, 0.25) is 0 Å². The molecule has 92 valence electrons. The van der Waals surface area contributed by atoms with Gasteiger partial charge in [0.1, 0.15) is 0 Å². The standard InChI is InChI=1S/C14H19BrN2/c1-12(2)11-17(9-5-8-16)14-7-4-3-6-13(14)10-15/h3-4,6-7,12H,5,9-11H2,1-2H3. The lowest BCUT2D eigenvalue weighted by Gasteiger charge is -2.27. The fourth-order valence-electron chi connectivity index (χ4n) is 1.87. The summed E-state index contributed by atoms with van der Waals surface area (Å²) in [5, 5.41) is 9.59. The highest BCUT2D eigenvalue weighted by atomic mass is 79.9. The van der Waals surface area contributed by atoms with Crippen LogP contribution >= 0.6 is 15.9 Å². The van der Waals surface area contributed by atoms with Crippen molar-refractivity contribution in [3.05, 3.63) is 29.8 Å². The van der Waals surface area contributed by atoms with Crippen molar-refractivity contribution in [2.75, 3.05) is 18.0 Å². The molecule has 0 saturated carbocycles. The quantitative estimate of drug-likeness (QED) is 0.743. The Morgan fingerprint density at radius 3 is 2.65 bits per heavy atom. The lowest BCUT2D eigenvalue weighted by molar-refractivity contribution is 0.611. The summed E-state index contributed by atoms with van der Waals surface area (Å²) in [6.07, 6.45) is 0.573. The molecule has 0 unspecified atom stereocenters. The molecule has 1 aromatic carbocycles. The van der Waals surface area contributed by atoms with Crippen LogP contribution in [0, 0.1) is 17.2 Å². The number of halogens is 1. The van der Waals surface area contributed by atoms with E-state index in [0.29, 0.717) is 12.3 Å². The summed E-state index contributed by atoms with van der Waals surface area (Å²) in [6, 6.07) is 10.6. The fraction of sp³-hybridized carbons (Fsp3) is 0.500. The van der Waals surface area contributed by atoms with Crippen molar-refractivity contribution in [2.45, 2.75) is 25.6 Å². The van der Waals surface area contributed by atoms with Gasteiger partial charge in [-0.2, -0.15) is 5.26 Å². The number of nitrogens with zero attached hydrogens (tertiary/aromatic N) is 2. The maximum Gasteiger partial charge on any atom is 0.0640 e. The molecule has 0 aliphatic carbocycles. The van der Waals surface area contributed by atoms with Crippen molar-refractivity contribution in [3.63, 3.8) is 0 Å². The van der Waals surface area contributed by atoms with Crippen molar-refractivity contribution < 1.29 is 0 Å². The van der Waals surface area contributed by atoms with Gasteiger partial charge in [-0.25, -0.2) is 0 Å². The van der Waals surface area contributed by atoms with Crippen LogP contribution in [0.1, 0.15) is 25.8 Å². The molecule has 1 rings (SSSR count). The van der Waals surface area contributed by atoms with Gasteiger partial charge in [-0.1, -0.05) is 48.0 Å². The summed E-state index contributed by atoms with van der Waals surface area (Å²) >= 11 is 3.52. The molecule has 0 saturated heterocycles. The molecule has 0 spiro atoms. The number of benzene rings is 1. The Hall–Kier alpha value is -1.01. The lowest BCUT2D eigenvalue weighted by Crippen LogP contribution is -2.29.